The number of nitrogens with zero attached hydrogens (tertiary/aromatic N) is 4. The summed E-state index contributed by atoms with van der Waals surface area (Å²) in [5, 5.41) is 9.43. The lowest BCUT2D eigenvalue weighted by Gasteiger charge is -2.40. The van der Waals surface area contributed by atoms with E-state index < -0.39 is 5.97 Å². The normalized spacial score (nSPS) is 16.9. The molecular formula is C19H21ClN4O3S. The van der Waals surface area contributed by atoms with Crippen LogP contribution in [0.5, 0.6) is 0 Å². The van der Waals surface area contributed by atoms with Crippen molar-refractivity contribution in [2.45, 2.75) is 25.0 Å². The van der Waals surface area contributed by atoms with Gasteiger partial charge in [-0.2, -0.15) is 0 Å². The van der Waals surface area contributed by atoms with Gasteiger partial charge in [0, 0.05) is 37.3 Å². The molecule has 1 saturated heterocycles. The lowest BCUT2D eigenvalue weighted by atomic mass is 10.1. The van der Waals surface area contributed by atoms with Crippen molar-refractivity contribution in [3.8, 4) is 0 Å². The second-order valence-electron chi connectivity index (χ2n) is 6.67. The molecule has 0 aliphatic carbocycles. The highest BCUT2D eigenvalue weighted by atomic mass is 35.5. The van der Waals surface area contributed by atoms with E-state index in [9.17, 15) is 9.59 Å². The van der Waals surface area contributed by atoms with Crippen molar-refractivity contribution < 1.29 is 14.7 Å². The summed E-state index contributed by atoms with van der Waals surface area (Å²) in [5.74, 6) is -0.408. The highest BCUT2D eigenvalue weighted by Crippen LogP contribution is 2.24. The van der Waals surface area contributed by atoms with Gasteiger partial charge in [-0.3, -0.25) is 9.59 Å². The number of thioether (sulfide) groups is 1. The minimum atomic E-state index is -0.938. The maximum atomic E-state index is 12.8. The molecule has 1 amide bonds. The summed E-state index contributed by atoms with van der Waals surface area (Å²) < 4.78 is 0. The Morgan fingerprint density at radius 2 is 1.96 bits per heavy atom. The van der Waals surface area contributed by atoms with Crippen molar-refractivity contribution in [3.05, 3.63) is 46.6 Å². The van der Waals surface area contributed by atoms with E-state index >= 15 is 0 Å². The van der Waals surface area contributed by atoms with Crippen molar-refractivity contribution >= 4 is 41.1 Å². The molecule has 0 spiro atoms. The first-order valence-corrected chi connectivity index (χ1v) is 10.2. The van der Waals surface area contributed by atoms with Gasteiger partial charge in [-0.1, -0.05) is 41.1 Å². The van der Waals surface area contributed by atoms with Crippen LogP contribution in [0.25, 0.3) is 0 Å². The molecule has 9 heteroatoms. The van der Waals surface area contributed by atoms with Crippen LogP contribution in [0.4, 0.5) is 5.82 Å². The maximum Gasteiger partial charge on any atom is 0.313 e. The van der Waals surface area contributed by atoms with E-state index in [4.69, 9.17) is 16.7 Å². The number of piperazine rings is 1. The summed E-state index contributed by atoms with van der Waals surface area (Å²) in [4.78, 5) is 36.0. The van der Waals surface area contributed by atoms with Crippen LogP contribution in [-0.2, 0) is 4.79 Å². The molecule has 2 heterocycles. The second-order valence-corrected chi connectivity index (χ2v) is 8.00. The van der Waals surface area contributed by atoms with Crippen LogP contribution in [0.15, 0.2) is 35.5 Å². The molecule has 2 aromatic rings. The molecule has 28 heavy (non-hydrogen) atoms. The number of aliphatic carboxylic acids is 1. The Morgan fingerprint density at radius 3 is 2.61 bits per heavy atom. The van der Waals surface area contributed by atoms with Crippen molar-refractivity contribution in [1.29, 1.82) is 0 Å². The lowest BCUT2D eigenvalue weighted by Crippen LogP contribution is -2.54. The zero-order valence-corrected chi connectivity index (χ0v) is 17.2. The van der Waals surface area contributed by atoms with Gasteiger partial charge in [-0.05, 0) is 26.0 Å². The standard InChI is InChI=1S/C19H21ClN4O3S/c1-12-3-5-14(6-4-12)18(27)24-8-7-23(10-13(24)2)16-9-15(20)21-19(22-16)28-11-17(25)26/h3-6,9,13H,7-8,10-11H2,1-2H3,(H,25,26)/t13-/m0/s1. The monoisotopic (exact) mass is 420 g/mol. The second kappa shape index (κ2) is 8.79. The number of aryl methyl sites for hydroxylation is 1. The van der Waals surface area contributed by atoms with Crippen molar-refractivity contribution in [2.75, 3.05) is 30.3 Å². The summed E-state index contributed by atoms with van der Waals surface area (Å²) in [6.07, 6.45) is 0. The fourth-order valence-corrected chi connectivity index (χ4v) is 3.87. The number of carbonyl (C=O) groups excluding carboxylic acids is 1. The fourth-order valence-electron chi connectivity index (χ4n) is 3.07. The average molecular weight is 421 g/mol. The zero-order chi connectivity index (χ0) is 20.3. The summed E-state index contributed by atoms with van der Waals surface area (Å²) in [5.41, 5.74) is 1.80. The van der Waals surface area contributed by atoms with Crippen LogP contribution in [-0.4, -0.2) is 63.3 Å². The minimum absolute atomic E-state index is 0.00795. The maximum absolute atomic E-state index is 12.8. The molecule has 1 aliphatic rings. The van der Waals surface area contributed by atoms with Crippen molar-refractivity contribution in [3.63, 3.8) is 0 Å². The number of hydrogen-bond donors (Lipinski definition) is 1. The van der Waals surface area contributed by atoms with Gasteiger partial charge in [0.15, 0.2) is 5.16 Å². The summed E-state index contributed by atoms with van der Waals surface area (Å²) >= 11 is 7.12. The van der Waals surface area contributed by atoms with Gasteiger partial charge in [0.25, 0.3) is 5.91 Å². The predicted octanol–water partition coefficient (Wildman–Crippen LogP) is 2.97. The molecule has 0 saturated carbocycles. The largest absolute Gasteiger partial charge is 0.481 e. The number of aromatic nitrogens is 2. The number of hydrogen-bond acceptors (Lipinski definition) is 6. The van der Waals surface area contributed by atoms with E-state index in [-0.39, 0.29) is 22.9 Å². The Morgan fingerprint density at radius 1 is 1.25 bits per heavy atom. The van der Waals surface area contributed by atoms with Gasteiger partial charge in [-0.15, -0.1) is 0 Å². The molecular weight excluding hydrogens is 400 g/mol. The van der Waals surface area contributed by atoms with Crippen LogP contribution < -0.4 is 4.90 Å². The average Bonchev–Trinajstić information content (AvgIpc) is 2.66. The Bertz CT molecular complexity index is 878. The van der Waals surface area contributed by atoms with Crippen LogP contribution in [0, 0.1) is 6.92 Å². The van der Waals surface area contributed by atoms with E-state index in [1.165, 1.54) is 0 Å². The third kappa shape index (κ3) is 4.94. The first kappa shape index (κ1) is 20.4. The van der Waals surface area contributed by atoms with Gasteiger partial charge in [0.1, 0.15) is 11.0 Å². The number of benzene rings is 1. The molecule has 1 aromatic heterocycles. The molecule has 3 rings (SSSR count). The third-order valence-corrected chi connectivity index (χ3v) is 5.52. The highest BCUT2D eigenvalue weighted by molar-refractivity contribution is 7.99. The molecule has 0 radical (unpaired) electrons. The Kier molecular flexibility index (Phi) is 6.41. The Labute approximate surface area is 172 Å². The van der Waals surface area contributed by atoms with Gasteiger partial charge in [-0.25, -0.2) is 9.97 Å². The molecule has 1 N–H and O–H groups in total. The molecule has 1 atom stereocenters. The van der Waals surface area contributed by atoms with Crippen molar-refractivity contribution in [2.24, 2.45) is 0 Å². The van der Waals surface area contributed by atoms with Crippen LogP contribution >= 0.6 is 23.4 Å². The van der Waals surface area contributed by atoms with Gasteiger partial charge in [0.05, 0.1) is 5.75 Å². The number of carboxylic acids is 1. The van der Waals surface area contributed by atoms with E-state index in [0.717, 1.165) is 17.3 Å². The molecule has 1 fully saturated rings. The van der Waals surface area contributed by atoms with E-state index in [2.05, 4.69) is 9.97 Å². The molecule has 0 unspecified atom stereocenters. The smallest absolute Gasteiger partial charge is 0.313 e. The summed E-state index contributed by atoms with van der Waals surface area (Å²) in [6.45, 7) is 5.77. The number of halogens is 1. The fraction of sp³-hybridized carbons (Fsp3) is 0.368. The third-order valence-electron chi connectivity index (χ3n) is 4.50. The molecule has 1 aromatic carbocycles. The first-order chi connectivity index (χ1) is 13.3. The highest BCUT2D eigenvalue weighted by Gasteiger charge is 2.29. The SMILES string of the molecule is Cc1ccc(C(=O)N2CCN(c3cc(Cl)nc(SCC(=O)O)n3)C[C@@H]2C)cc1. The number of rotatable bonds is 5. The molecule has 0 bridgehead atoms. The lowest BCUT2D eigenvalue weighted by molar-refractivity contribution is -0.133. The topological polar surface area (TPSA) is 86.6 Å². The number of carboxylic acid groups (broad SMARTS) is 1. The van der Waals surface area contributed by atoms with Gasteiger partial charge < -0.3 is 14.9 Å². The first-order valence-electron chi connectivity index (χ1n) is 8.85. The molecule has 148 valence electrons. The quantitative estimate of drug-likeness (QED) is 0.452. The summed E-state index contributed by atoms with van der Waals surface area (Å²) in [7, 11) is 0. The van der Waals surface area contributed by atoms with Crippen LogP contribution in [0.2, 0.25) is 5.15 Å². The predicted molar refractivity (Wildman–Crippen MR) is 109 cm³/mol. The van der Waals surface area contributed by atoms with E-state index in [1.54, 1.807) is 6.07 Å². The van der Waals surface area contributed by atoms with Crippen LogP contribution in [0.3, 0.4) is 0 Å². The molecule has 7 nitrogen and oxygen atoms in total. The van der Waals surface area contributed by atoms with Gasteiger partial charge >= 0.3 is 5.97 Å². The molecule has 1 aliphatic heterocycles. The van der Waals surface area contributed by atoms with E-state index in [0.29, 0.717) is 36.2 Å². The minimum Gasteiger partial charge on any atom is -0.481 e. The number of carbonyl (C=O) groups is 2. The Balaban J connectivity index is 1.70. The van der Waals surface area contributed by atoms with Crippen molar-refractivity contribution in [1.82, 2.24) is 14.9 Å². The number of anilines is 1. The van der Waals surface area contributed by atoms with Crippen LogP contribution in [0.1, 0.15) is 22.8 Å². The zero-order valence-electron chi connectivity index (χ0n) is 15.6. The Hall–Kier alpha value is -2.32. The number of amides is 1. The van der Waals surface area contributed by atoms with E-state index in [1.807, 2.05) is 47.9 Å². The summed E-state index contributed by atoms with van der Waals surface area (Å²) in [6, 6.07) is 9.24. The van der Waals surface area contributed by atoms with Gasteiger partial charge in [0.2, 0.25) is 0 Å².